The molecule has 0 aliphatic heterocycles. The third kappa shape index (κ3) is 4.53. The number of amides is 1. The summed E-state index contributed by atoms with van der Waals surface area (Å²) in [4.78, 5) is 16.7. The third-order valence-corrected chi connectivity index (χ3v) is 4.27. The first-order valence-electron chi connectivity index (χ1n) is 7.92. The van der Waals surface area contributed by atoms with Crippen LogP contribution in [0.2, 0.25) is 0 Å². The molecule has 1 amide bonds. The molecule has 1 heterocycles. The van der Waals surface area contributed by atoms with E-state index in [0.29, 0.717) is 5.13 Å². The molecule has 0 bridgehead atoms. The average molecular weight is 357 g/mol. The van der Waals surface area contributed by atoms with Crippen LogP contribution in [0.15, 0.2) is 83.8 Å². The highest BCUT2D eigenvalue weighted by atomic mass is 32.1. The summed E-state index contributed by atoms with van der Waals surface area (Å²) in [5.41, 5.74) is 2.78. The van der Waals surface area contributed by atoms with Crippen LogP contribution < -0.4 is 5.32 Å². The van der Waals surface area contributed by atoms with Gasteiger partial charge in [0.05, 0.1) is 5.69 Å². The Labute approximate surface area is 155 Å². The van der Waals surface area contributed by atoms with Crippen molar-refractivity contribution < 1.29 is 4.79 Å². The number of hydrogen-bond acceptors (Lipinski definition) is 4. The maximum absolute atomic E-state index is 12.3. The molecule has 3 aromatic rings. The topological polar surface area (TPSA) is 65.8 Å². The van der Waals surface area contributed by atoms with Crippen molar-refractivity contribution in [3.8, 4) is 17.3 Å². The minimum Gasteiger partial charge on any atom is -0.297 e. The number of carbonyl (C=O) groups excluding carboxylic acids is 1. The van der Waals surface area contributed by atoms with Gasteiger partial charge in [0.15, 0.2) is 5.13 Å². The predicted molar refractivity (Wildman–Crippen MR) is 105 cm³/mol. The van der Waals surface area contributed by atoms with Crippen LogP contribution >= 0.6 is 11.3 Å². The number of nitriles is 1. The fraction of sp³-hybridized carbons (Fsp3) is 0. The molecule has 26 heavy (non-hydrogen) atoms. The van der Waals surface area contributed by atoms with Gasteiger partial charge in [0.2, 0.25) is 0 Å². The molecule has 1 aromatic heterocycles. The summed E-state index contributed by atoms with van der Waals surface area (Å²) in [6.07, 6.45) is 5.01. The zero-order chi connectivity index (χ0) is 18.2. The van der Waals surface area contributed by atoms with Gasteiger partial charge in [-0.2, -0.15) is 5.26 Å². The highest BCUT2D eigenvalue weighted by molar-refractivity contribution is 7.14. The minimum atomic E-state index is -0.473. The van der Waals surface area contributed by atoms with E-state index in [2.05, 4.69) is 10.3 Å². The second-order valence-electron chi connectivity index (χ2n) is 5.32. The smallest absolute Gasteiger partial charge is 0.268 e. The zero-order valence-corrected chi connectivity index (χ0v) is 14.6. The standard InChI is InChI=1S/C21H15N3OS/c22-14-18(13-7-10-16-8-3-1-4-9-16)20(25)24-21-23-19(15-26-21)17-11-5-2-6-12-17/h1-13,15H,(H,23,24,25)/b10-7+,18-13-. The number of anilines is 1. The Morgan fingerprint density at radius 1 is 1.08 bits per heavy atom. The van der Waals surface area contributed by atoms with Crippen LogP contribution in [0.1, 0.15) is 5.56 Å². The molecule has 0 unspecified atom stereocenters. The van der Waals surface area contributed by atoms with Crippen LogP contribution in [0, 0.1) is 11.3 Å². The first kappa shape index (κ1) is 17.3. The highest BCUT2D eigenvalue weighted by Crippen LogP contribution is 2.24. The summed E-state index contributed by atoms with van der Waals surface area (Å²) < 4.78 is 0. The fourth-order valence-electron chi connectivity index (χ4n) is 2.22. The molecule has 3 rings (SSSR count). The van der Waals surface area contributed by atoms with Crippen LogP contribution in [0.5, 0.6) is 0 Å². The van der Waals surface area contributed by atoms with Crippen molar-refractivity contribution in [1.82, 2.24) is 4.98 Å². The molecule has 0 saturated carbocycles. The summed E-state index contributed by atoms with van der Waals surface area (Å²) in [6.45, 7) is 0. The lowest BCUT2D eigenvalue weighted by Crippen LogP contribution is -2.13. The molecule has 126 valence electrons. The maximum atomic E-state index is 12.3. The number of nitrogens with zero attached hydrogens (tertiary/aromatic N) is 2. The largest absolute Gasteiger partial charge is 0.297 e. The molecule has 0 spiro atoms. The van der Waals surface area contributed by atoms with E-state index >= 15 is 0 Å². The second kappa shape index (κ2) is 8.56. The molecular weight excluding hydrogens is 342 g/mol. The summed E-state index contributed by atoms with van der Waals surface area (Å²) in [7, 11) is 0. The predicted octanol–water partition coefficient (Wildman–Crippen LogP) is 4.91. The lowest BCUT2D eigenvalue weighted by atomic mass is 10.2. The lowest BCUT2D eigenvalue weighted by Gasteiger charge is -1.99. The molecule has 4 nitrogen and oxygen atoms in total. The number of rotatable bonds is 5. The monoisotopic (exact) mass is 357 g/mol. The molecular formula is C21H15N3OS. The molecule has 0 atom stereocenters. The van der Waals surface area contributed by atoms with Gasteiger partial charge in [-0.15, -0.1) is 11.3 Å². The van der Waals surface area contributed by atoms with E-state index < -0.39 is 5.91 Å². The number of nitrogens with one attached hydrogen (secondary N) is 1. The van der Waals surface area contributed by atoms with Gasteiger partial charge in [-0.1, -0.05) is 72.8 Å². The first-order valence-corrected chi connectivity index (χ1v) is 8.80. The van der Waals surface area contributed by atoms with Crippen molar-refractivity contribution in [2.75, 3.05) is 5.32 Å². The molecule has 0 aliphatic rings. The van der Waals surface area contributed by atoms with Gasteiger partial charge < -0.3 is 0 Å². The average Bonchev–Trinajstić information content (AvgIpc) is 3.15. The summed E-state index contributed by atoms with van der Waals surface area (Å²) >= 11 is 1.32. The van der Waals surface area contributed by atoms with Crippen molar-refractivity contribution in [2.24, 2.45) is 0 Å². The number of hydrogen-bond donors (Lipinski definition) is 1. The van der Waals surface area contributed by atoms with E-state index in [1.54, 1.807) is 6.08 Å². The quantitative estimate of drug-likeness (QED) is 0.401. The van der Waals surface area contributed by atoms with Crippen LogP contribution in [-0.4, -0.2) is 10.9 Å². The van der Waals surface area contributed by atoms with Gasteiger partial charge in [-0.3, -0.25) is 10.1 Å². The number of thiazole rings is 1. The normalized spacial score (nSPS) is 11.3. The van der Waals surface area contributed by atoms with Crippen LogP contribution in [0.25, 0.3) is 17.3 Å². The Morgan fingerprint density at radius 2 is 1.77 bits per heavy atom. The Bertz CT molecular complexity index is 983. The molecule has 0 saturated heterocycles. The van der Waals surface area contributed by atoms with E-state index in [0.717, 1.165) is 16.8 Å². The van der Waals surface area contributed by atoms with E-state index in [4.69, 9.17) is 0 Å². The van der Waals surface area contributed by atoms with E-state index in [9.17, 15) is 10.1 Å². The molecule has 0 aliphatic carbocycles. The fourth-order valence-corrected chi connectivity index (χ4v) is 2.94. The Hall–Kier alpha value is -3.49. The molecule has 0 radical (unpaired) electrons. The lowest BCUT2D eigenvalue weighted by molar-refractivity contribution is -0.112. The van der Waals surface area contributed by atoms with Gasteiger partial charge in [-0.05, 0) is 11.6 Å². The van der Waals surface area contributed by atoms with Crippen LogP contribution in [-0.2, 0) is 4.79 Å². The molecule has 1 N–H and O–H groups in total. The third-order valence-electron chi connectivity index (χ3n) is 3.51. The Kier molecular flexibility index (Phi) is 5.71. The van der Waals surface area contributed by atoms with Gasteiger partial charge in [-0.25, -0.2) is 4.98 Å². The molecule has 2 aromatic carbocycles. The van der Waals surface area contributed by atoms with E-state index in [1.165, 1.54) is 17.4 Å². The molecule has 0 fully saturated rings. The summed E-state index contributed by atoms with van der Waals surface area (Å²) in [5.74, 6) is -0.473. The highest BCUT2D eigenvalue weighted by Gasteiger charge is 2.11. The van der Waals surface area contributed by atoms with Gasteiger partial charge >= 0.3 is 0 Å². The minimum absolute atomic E-state index is 0.0219. The van der Waals surface area contributed by atoms with Crippen molar-refractivity contribution in [1.29, 1.82) is 5.26 Å². The van der Waals surface area contributed by atoms with Crippen LogP contribution in [0.3, 0.4) is 0 Å². The number of carbonyl (C=O) groups is 1. The van der Waals surface area contributed by atoms with Crippen molar-refractivity contribution >= 4 is 28.5 Å². The van der Waals surface area contributed by atoms with Crippen LogP contribution in [0.4, 0.5) is 5.13 Å². The van der Waals surface area contributed by atoms with Gasteiger partial charge in [0.25, 0.3) is 5.91 Å². The first-order chi connectivity index (χ1) is 12.8. The molecule has 5 heteroatoms. The second-order valence-corrected chi connectivity index (χ2v) is 6.18. The van der Waals surface area contributed by atoms with Gasteiger partial charge in [0.1, 0.15) is 11.6 Å². The van der Waals surface area contributed by atoms with Crippen molar-refractivity contribution in [2.45, 2.75) is 0 Å². The Morgan fingerprint density at radius 3 is 2.46 bits per heavy atom. The van der Waals surface area contributed by atoms with Crippen molar-refractivity contribution in [3.63, 3.8) is 0 Å². The summed E-state index contributed by atoms with van der Waals surface area (Å²) in [5, 5.41) is 14.2. The van der Waals surface area contributed by atoms with Crippen molar-refractivity contribution in [3.05, 3.63) is 89.3 Å². The number of benzene rings is 2. The Balaban J connectivity index is 1.68. The van der Waals surface area contributed by atoms with E-state index in [1.807, 2.05) is 78.2 Å². The SMILES string of the molecule is N#C/C(=C/C=C/c1ccccc1)C(=O)Nc1nc(-c2ccccc2)cs1. The van der Waals surface area contributed by atoms with E-state index in [-0.39, 0.29) is 5.57 Å². The van der Waals surface area contributed by atoms with Gasteiger partial charge in [0, 0.05) is 10.9 Å². The summed E-state index contributed by atoms with van der Waals surface area (Å²) in [6, 6.07) is 21.3. The number of aromatic nitrogens is 1. The zero-order valence-electron chi connectivity index (χ0n) is 13.8. The maximum Gasteiger partial charge on any atom is 0.268 e. The number of allylic oxidation sites excluding steroid dienone is 2.